The molecule has 1 aliphatic rings. The van der Waals surface area contributed by atoms with Crippen LogP contribution in [0.15, 0.2) is 24.3 Å². The van der Waals surface area contributed by atoms with Crippen LogP contribution >= 0.6 is 11.6 Å². The van der Waals surface area contributed by atoms with Crippen molar-refractivity contribution in [2.24, 2.45) is 0 Å². The zero-order valence-corrected chi connectivity index (χ0v) is 15.1. The molecule has 0 saturated carbocycles. The van der Waals surface area contributed by atoms with Gasteiger partial charge in [-0.1, -0.05) is 36.8 Å². The van der Waals surface area contributed by atoms with Crippen LogP contribution in [-0.2, 0) is 9.53 Å². The van der Waals surface area contributed by atoms with Gasteiger partial charge < -0.3 is 14.6 Å². The Morgan fingerprint density at radius 3 is 2.78 bits per heavy atom. The first-order valence-corrected chi connectivity index (χ1v) is 11.3. The van der Waals surface area contributed by atoms with E-state index in [2.05, 4.69) is 18.1 Å². The van der Waals surface area contributed by atoms with Crippen LogP contribution in [0.5, 0.6) is 0 Å². The number of ether oxygens (including phenoxy) is 1. The van der Waals surface area contributed by atoms with Crippen LogP contribution in [0, 0.1) is 0 Å². The monoisotopic (exact) mass is 350 g/mol. The number of rotatable bonds is 2. The first-order chi connectivity index (χ1) is 10.8. The molecule has 0 spiro atoms. The van der Waals surface area contributed by atoms with E-state index in [0.717, 1.165) is 16.9 Å². The lowest BCUT2D eigenvalue weighted by atomic mass is 10.2. The van der Waals surface area contributed by atoms with Crippen molar-refractivity contribution in [1.29, 1.82) is 0 Å². The third kappa shape index (κ3) is 2.88. The molecule has 2 aromatic rings. The summed E-state index contributed by atoms with van der Waals surface area (Å²) in [6.45, 7) is 4.36. The van der Waals surface area contributed by atoms with E-state index < -0.39 is 14.1 Å². The minimum absolute atomic E-state index is 0.175. The summed E-state index contributed by atoms with van der Waals surface area (Å²) in [7, 11) is -0.265. The maximum atomic E-state index is 12.9. The Labute approximate surface area is 140 Å². The highest BCUT2D eigenvalue weighted by Crippen LogP contribution is 2.30. The van der Waals surface area contributed by atoms with Gasteiger partial charge in [0.1, 0.15) is 11.7 Å². The standard InChI is InChI=1S/C16H19ClN2O3Si/c1-22-16(21)13-8-23(2,3)9-19(13)15(20)12-7-10-5-4-6-11(17)14(10)18-12/h4-7,13,18H,8-9H2,1-3H3. The predicted octanol–water partition coefficient (Wildman–Crippen LogP) is 3.07. The lowest BCUT2D eigenvalue weighted by Gasteiger charge is -2.22. The Balaban J connectivity index is 1.96. The number of esters is 1. The first kappa shape index (κ1) is 16.1. The molecule has 2 heterocycles. The van der Waals surface area contributed by atoms with Gasteiger partial charge in [0.25, 0.3) is 5.91 Å². The van der Waals surface area contributed by atoms with Crippen molar-refractivity contribution in [1.82, 2.24) is 9.88 Å². The minimum atomic E-state index is -1.63. The predicted molar refractivity (Wildman–Crippen MR) is 92.4 cm³/mol. The molecule has 1 unspecified atom stereocenters. The lowest BCUT2D eigenvalue weighted by molar-refractivity contribution is -0.144. The number of hydrogen-bond acceptors (Lipinski definition) is 3. The van der Waals surface area contributed by atoms with Gasteiger partial charge >= 0.3 is 5.97 Å². The molecule has 1 fully saturated rings. The fourth-order valence-corrected chi connectivity index (χ4v) is 6.30. The number of nitrogens with one attached hydrogen (secondary N) is 1. The molecule has 1 aliphatic heterocycles. The summed E-state index contributed by atoms with van der Waals surface area (Å²) in [6, 6.07) is 7.54. The van der Waals surface area contributed by atoms with Crippen LogP contribution in [0.1, 0.15) is 10.5 Å². The summed E-state index contributed by atoms with van der Waals surface area (Å²) in [5, 5.41) is 1.45. The number of aromatic amines is 1. The number of H-pyrrole nitrogens is 1. The summed E-state index contributed by atoms with van der Waals surface area (Å²) in [5.74, 6) is -0.517. The molecule has 0 radical (unpaired) electrons. The number of nitrogens with zero attached hydrogens (tertiary/aromatic N) is 1. The number of methoxy groups -OCH3 is 1. The number of amides is 1. The fourth-order valence-electron chi connectivity index (χ4n) is 3.22. The zero-order chi connectivity index (χ0) is 16.8. The van der Waals surface area contributed by atoms with Crippen LogP contribution in [0.4, 0.5) is 0 Å². The highest BCUT2D eigenvalue weighted by Gasteiger charge is 2.45. The van der Waals surface area contributed by atoms with E-state index in [4.69, 9.17) is 16.3 Å². The molecule has 1 N–H and O–H groups in total. The van der Waals surface area contributed by atoms with E-state index in [9.17, 15) is 9.59 Å². The van der Waals surface area contributed by atoms with E-state index in [1.165, 1.54) is 7.11 Å². The van der Waals surface area contributed by atoms with Crippen molar-refractivity contribution in [2.45, 2.75) is 25.2 Å². The fraction of sp³-hybridized carbons (Fsp3) is 0.375. The van der Waals surface area contributed by atoms with Crippen molar-refractivity contribution in [3.63, 3.8) is 0 Å². The molecule has 1 atom stereocenters. The van der Waals surface area contributed by atoms with Gasteiger partial charge in [0, 0.05) is 11.6 Å². The second kappa shape index (κ2) is 5.69. The molecule has 1 aromatic carbocycles. The molecular formula is C16H19ClN2O3Si. The van der Waals surface area contributed by atoms with Crippen molar-refractivity contribution in [3.05, 3.63) is 35.0 Å². The Hall–Kier alpha value is -1.79. The average molecular weight is 351 g/mol. The number of carbonyl (C=O) groups excluding carboxylic acids is 2. The molecule has 0 bridgehead atoms. The van der Waals surface area contributed by atoms with E-state index in [0.29, 0.717) is 16.9 Å². The average Bonchev–Trinajstić information content (AvgIpc) is 3.07. The van der Waals surface area contributed by atoms with Crippen molar-refractivity contribution in [2.75, 3.05) is 13.3 Å². The number of para-hydroxylation sites is 1. The maximum absolute atomic E-state index is 12.9. The molecule has 23 heavy (non-hydrogen) atoms. The Morgan fingerprint density at radius 2 is 2.13 bits per heavy atom. The molecule has 1 saturated heterocycles. The van der Waals surface area contributed by atoms with Gasteiger partial charge in [-0.05, 0) is 18.2 Å². The molecule has 0 aliphatic carbocycles. The van der Waals surface area contributed by atoms with Crippen molar-refractivity contribution < 1.29 is 14.3 Å². The van der Waals surface area contributed by atoms with Gasteiger partial charge in [0.05, 0.1) is 25.7 Å². The third-order valence-corrected chi connectivity index (χ3v) is 7.29. The van der Waals surface area contributed by atoms with Crippen LogP contribution in [0.2, 0.25) is 24.2 Å². The number of benzene rings is 1. The van der Waals surface area contributed by atoms with Gasteiger partial charge in [-0.3, -0.25) is 4.79 Å². The third-order valence-electron chi connectivity index (χ3n) is 4.29. The van der Waals surface area contributed by atoms with Gasteiger partial charge in [-0.25, -0.2) is 4.79 Å². The van der Waals surface area contributed by atoms with Crippen LogP contribution in [-0.4, -0.2) is 49.2 Å². The van der Waals surface area contributed by atoms with Crippen molar-refractivity contribution >= 4 is 42.5 Å². The Bertz CT molecular complexity index is 787. The Morgan fingerprint density at radius 1 is 1.39 bits per heavy atom. The SMILES string of the molecule is COC(=O)C1C[Si](C)(C)CN1C(=O)c1cc2cccc(Cl)c2[nH]1. The second-order valence-electron chi connectivity index (χ2n) is 6.73. The number of carbonyl (C=O) groups is 2. The smallest absolute Gasteiger partial charge is 0.328 e. The van der Waals surface area contributed by atoms with E-state index in [1.54, 1.807) is 17.0 Å². The van der Waals surface area contributed by atoms with Crippen molar-refractivity contribution in [3.8, 4) is 0 Å². The van der Waals surface area contributed by atoms with E-state index in [-0.39, 0.29) is 11.9 Å². The van der Waals surface area contributed by atoms with E-state index >= 15 is 0 Å². The maximum Gasteiger partial charge on any atom is 0.328 e. The highest BCUT2D eigenvalue weighted by atomic mass is 35.5. The number of aromatic nitrogens is 1. The minimum Gasteiger partial charge on any atom is -0.467 e. The molecule has 5 nitrogen and oxygen atoms in total. The quantitative estimate of drug-likeness (QED) is 0.668. The number of hydrogen-bond donors (Lipinski definition) is 1. The molecule has 122 valence electrons. The lowest BCUT2D eigenvalue weighted by Crippen LogP contribution is -2.41. The van der Waals surface area contributed by atoms with Gasteiger partial charge in [0.15, 0.2) is 0 Å². The molecule has 3 rings (SSSR count). The molecular weight excluding hydrogens is 332 g/mol. The normalized spacial score (nSPS) is 20.0. The first-order valence-electron chi connectivity index (χ1n) is 7.48. The summed E-state index contributed by atoms with van der Waals surface area (Å²) in [4.78, 5) is 29.7. The number of fused-ring (bicyclic) bond motifs is 1. The number of halogens is 1. The van der Waals surface area contributed by atoms with Crippen LogP contribution in [0.3, 0.4) is 0 Å². The van der Waals surface area contributed by atoms with E-state index in [1.807, 2.05) is 12.1 Å². The largest absolute Gasteiger partial charge is 0.467 e. The van der Waals surface area contributed by atoms with Gasteiger partial charge in [-0.15, -0.1) is 0 Å². The van der Waals surface area contributed by atoms with Gasteiger partial charge in [-0.2, -0.15) is 0 Å². The highest BCUT2D eigenvalue weighted by molar-refractivity contribution is 6.79. The summed E-state index contributed by atoms with van der Waals surface area (Å²) < 4.78 is 4.88. The van der Waals surface area contributed by atoms with Gasteiger partial charge in [0.2, 0.25) is 0 Å². The molecule has 1 aromatic heterocycles. The molecule has 7 heteroatoms. The Kier molecular flexibility index (Phi) is 3.98. The summed E-state index contributed by atoms with van der Waals surface area (Å²) >= 11 is 6.16. The summed E-state index contributed by atoms with van der Waals surface area (Å²) in [6.07, 6.45) is 0.648. The summed E-state index contributed by atoms with van der Waals surface area (Å²) in [5.41, 5.74) is 1.19. The molecule has 1 amide bonds. The van der Waals surface area contributed by atoms with Crippen LogP contribution in [0.25, 0.3) is 10.9 Å². The topological polar surface area (TPSA) is 62.4 Å². The second-order valence-corrected chi connectivity index (χ2v) is 12.2. The zero-order valence-electron chi connectivity index (χ0n) is 13.4. The van der Waals surface area contributed by atoms with Crippen LogP contribution < -0.4 is 0 Å².